The van der Waals surface area contributed by atoms with Crippen molar-refractivity contribution in [2.45, 2.75) is 13.3 Å². The third-order valence-corrected chi connectivity index (χ3v) is 4.60. The normalized spacial score (nSPS) is 13.5. The molecule has 0 spiro atoms. The lowest BCUT2D eigenvalue weighted by molar-refractivity contribution is -0.120. The number of para-hydroxylation sites is 1. The molecule has 1 saturated heterocycles. The maximum Gasteiger partial charge on any atom is 0.257 e. The van der Waals surface area contributed by atoms with Crippen LogP contribution in [0.25, 0.3) is 0 Å². The largest absolute Gasteiger partial charge is 0.353 e. The number of aryl methyl sites for hydroxylation is 1. The van der Waals surface area contributed by atoms with Gasteiger partial charge < -0.3 is 20.9 Å². The summed E-state index contributed by atoms with van der Waals surface area (Å²) in [6.07, 6.45) is 2.11. The molecule has 3 heterocycles. The Morgan fingerprint density at radius 2 is 1.97 bits per heavy atom. The average Bonchev–Trinajstić information content (AvgIpc) is 2.80. The first-order valence-electron chi connectivity index (χ1n) is 9.97. The molecule has 0 bridgehead atoms. The van der Waals surface area contributed by atoms with Crippen LogP contribution in [0, 0.1) is 0 Å². The predicted molar refractivity (Wildman–Crippen MR) is 116 cm³/mol. The van der Waals surface area contributed by atoms with Crippen molar-refractivity contribution in [3.05, 3.63) is 60.0 Å². The van der Waals surface area contributed by atoms with Crippen LogP contribution in [0.15, 0.2) is 48.7 Å². The minimum Gasteiger partial charge on any atom is -0.353 e. The second-order valence-electron chi connectivity index (χ2n) is 6.88. The summed E-state index contributed by atoms with van der Waals surface area (Å²) in [7, 11) is 0. The highest BCUT2D eigenvalue weighted by Gasteiger charge is 2.20. The maximum atomic E-state index is 12.4. The zero-order valence-corrected chi connectivity index (χ0v) is 17.0. The van der Waals surface area contributed by atoms with Crippen molar-refractivity contribution in [1.82, 2.24) is 25.3 Å². The molecule has 3 N–H and O–H groups in total. The van der Waals surface area contributed by atoms with Crippen LogP contribution in [0.2, 0.25) is 0 Å². The molecule has 0 aliphatic carbocycles. The molecule has 3 aromatic rings. The minimum absolute atomic E-state index is 0.0646. The Hall–Kier alpha value is -4.08. The van der Waals surface area contributed by atoms with Crippen LogP contribution in [0.5, 0.6) is 0 Å². The Morgan fingerprint density at radius 3 is 2.68 bits per heavy atom. The van der Waals surface area contributed by atoms with Crippen molar-refractivity contribution < 1.29 is 9.59 Å². The van der Waals surface area contributed by atoms with E-state index in [-0.39, 0.29) is 18.4 Å². The van der Waals surface area contributed by atoms with E-state index in [9.17, 15) is 9.59 Å². The summed E-state index contributed by atoms with van der Waals surface area (Å²) < 4.78 is 0. The molecule has 1 aromatic carbocycles. The van der Waals surface area contributed by atoms with E-state index in [0.29, 0.717) is 54.3 Å². The molecule has 0 saturated carbocycles. The van der Waals surface area contributed by atoms with Crippen LogP contribution in [0.1, 0.15) is 23.1 Å². The lowest BCUT2D eigenvalue weighted by Gasteiger charge is -2.26. The highest BCUT2D eigenvalue weighted by molar-refractivity contribution is 6.04. The number of amides is 2. The summed E-state index contributed by atoms with van der Waals surface area (Å²) in [5.41, 5.74) is 1.14. The molecule has 31 heavy (non-hydrogen) atoms. The van der Waals surface area contributed by atoms with E-state index < -0.39 is 0 Å². The van der Waals surface area contributed by atoms with Crippen LogP contribution in [0.4, 0.5) is 23.4 Å². The second-order valence-corrected chi connectivity index (χ2v) is 6.88. The van der Waals surface area contributed by atoms with E-state index in [2.05, 4.69) is 35.9 Å². The first-order chi connectivity index (χ1) is 15.1. The first kappa shape index (κ1) is 20.2. The van der Waals surface area contributed by atoms with Gasteiger partial charge in [0, 0.05) is 31.4 Å². The van der Waals surface area contributed by atoms with Gasteiger partial charge in [-0.1, -0.05) is 25.1 Å². The summed E-state index contributed by atoms with van der Waals surface area (Å²) in [5, 5.41) is 8.66. The summed E-state index contributed by atoms with van der Waals surface area (Å²) >= 11 is 0. The summed E-state index contributed by atoms with van der Waals surface area (Å²) in [4.78, 5) is 43.5. The van der Waals surface area contributed by atoms with E-state index >= 15 is 0 Å². The Labute approximate surface area is 179 Å². The number of benzene rings is 1. The molecule has 0 radical (unpaired) electrons. The number of carbonyl (C=O) groups excluding carboxylic acids is 2. The fraction of sp³-hybridized carbons (Fsp3) is 0.238. The third-order valence-electron chi connectivity index (χ3n) is 4.60. The van der Waals surface area contributed by atoms with E-state index in [0.717, 1.165) is 0 Å². The highest BCUT2D eigenvalue weighted by Crippen LogP contribution is 2.16. The molecular formula is C21H22N8O2. The van der Waals surface area contributed by atoms with Gasteiger partial charge in [0.05, 0.1) is 12.1 Å². The van der Waals surface area contributed by atoms with Crippen LogP contribution >= 0.6 is 0 Å². The minimum atomic E-state index is -0.246. The van der Waals surface area contributed by atoms with Gasteiger partial charge in [-0.2, -0.15) is 15.0 Å². The first-order valence-corrected chi connectivity index (χ1v) is 9.97. The zero-order chi connectivity index (χ0) is 21.6. The van der Waals surface area contributed by atoms with Crippen LogP contribution < -0.4 is 20.9 Å². The van der Waals surface area contributed by atoms with E-state index in [4.69, 9.17) is 0 Å². The van der Waals surface area contributed by atoms with Crippen molar-refractivity contribution in [3.63, 3.8) is 0 Å². The number of nitrogens with one attached hydrogen (secondary N) is 3. The molecular weight excluding hydrogens is 396 g/mol. The van der Waals surface area contributed by atoms with Crippen LogP contribution in [-0.4, -0.2) is 51.4 Å². The lowest BCUT2D eigenvalue weighted by Crippen LogP contribution is -2.48. The number of rotatable bonds is 6. The van der Waals surface area contributed by atoms with E-state index in [1.54, 1.807) is 12.1 Å². The molecule has 0 unspecified atom stereocenters. The zero-order valence-electron chi connectivity index (χ0n) is 17.0. The lowest BCUT2D eigenvalue weighted by atomic mass is 10.2. The van der Waals surface area contributed by atoms with Crippen molar-refractivity contribution in [2.75, 3.05) is 35.2 Å². The summed E-state index contributed by atoms with van der Waals surface area (Å²) in [6.45, 7) is 3.32. The monoisotopic (exact) mass is 418 g/mol. The Bertz CT molecular complexity index is 1070. The summed E-state index contributed by atoms with van der Waals surface area (Å²) in [6, 6.07) is 12.6. The highest BCUT2D eigenvalue weighted by atomic mass is 16.2. The second kappa shape index (κ2) is 9.16. The Balaban J connectivity index is 1.47. The van der Waals surface area contributed by atoms with Gasteiger partial charge in [0.15, 0.2) is 0 Å². The fourth-order valence-corrected chi connectivity index (χ4v) is 3.01. The molecule has 4 rings (SSSR count). The van der Waals surface area contributed by atoms with Crippen molar-refractivity contribution in [1.29, 1.82) is 0 Å². The van der Waals surface area contributed by atoms with Gasteiger partial charge in [0.25, 0.3) is 5.91 Å². The third kappa shape index (κ3) is 5.10. The Morgan fingerprint density at radius 1 is 1.13 bits per heavy atom. The molecule has 2 aromatic heterocycles. The number of nitrogens with zero attached hydrogens (tertiary/aromatic N) is 5. The molecule has 10 nitrogen and oxygen atoms in total. The van der Waals surface area contributed by atoms with Crippen molar-refractivity contribution in [3.8, 4) is 0 Å². The number of piperazine rings is 1. The standard InChI is InChI=1S/C21H22N8O2/c1-2-16-25-20(28-21(27-16)29-11-10-22-18(30)13-29)26-17-9-8-14(12-23-17)19(31)24-15-6-4-3-5-7-15/h3-9,12H,2,10-11,13H2,1H3,(H,22,30)(H,24,31)(H,23,25,26,27,28). The number of carbonyl (C=O) groups is 2. The summed E-state index contributed by atoms with van der Waals surface area (Å²) in [5.74, 6) is 1.57. The smallest absolute Gasteiger partial charge is 0.257 e. The molecule has 1 aliphatic heterocycles. The van der Waals surface area contributed by atoms with Crippen LogP contribution in [-0.2, 0) is 11.2 Å². The van der Waals surface area contributed by atoms with Crippen molar-refractivity contribution in [2.24, 2.45) is 0 Å². The number of hydrogen-bond donors (Lipinski definition) is 3. The van der Waals surface area contributed by atoms with E-state index in [1.807, 2.05) is 42.2 Å². The van der Waals surface area contributed by atoms with Gasteiger partial charge in [0.2, 0.25) is 17.8 Å². The molecule has 0 atom stereocenters. The SMILES string of the molecule is CCc1nc(Nc2ccc(C(=O)Nc3ccccc3)cn2)nc(N2CCNC(=O)C2)n1. The molecule has 10 heteroatoms. The van der Waals surface area contributed by atoms with Gasteiger partial charge >= 0.3 is 0 Å². The number of hydrogen-bond acceptors (Lipinski definition) is 8. The predicted octanol–water partition coefficient (Wildman–Crippen LogP) is 1.76. The molecule has 1 aliphatic rings. The van der Waals surface area contributed by atoms with Gasteiger partial charge in [0.1, 0.15) is 11.6 Å². The number of anilines is 4. The maximum absolute atomic E-state index is 12.4. The van der Waals surface area contributed by atoms with Gasteiger partial charge in [-0.05, 0) is 24.3 Å². The molecule has 158 valence electrons. The fourth-order valence-electron chi connectivity index (χ4n) is 3.01. The molecule has 1 fully saturated rings. The molecule has 2 amide bonds. The van der Waals surface area contributed by atoms with Crippen molar-refractivity contribution >= 4 is 35.2 Å². The van der Waals surface area contributed by atoms with Crippen LogP contribution in [0.3, 0.4) is 0 Å². The van der Waals surface area contributed by atoms with Gasteiger partial charge in [-0.15, -0.1) is 0 Å². The van der Waals surface area contributed by atoms with Gasteiger partial charge in [-0.25, -0.2) is 4.98 Å². The average molecular weight is 418 g/mol. The van der Waals surface area contributed by atoms with E-state index in [1.165, 1.54) is 6.20 Å². The number of pyridine rings is 1. The Kier molecular flexibility index (Phi) is 5.97. The quantitative estimate of drug-likeness (QED) is 0.553. The number of aromatic nitrogens is 4. The topological polar surface area (TPSA) is 125 Å². The van der Waals surface area contributed by atoms with Gasteiger partial charge in [-0.3, -0.25) is 9.59 Å².